The first kappa shape index (κ1) is 26.1. The first-order chi connectivity index (χ1) is 19.2. The van der Waals surface area contributed by atoms with Crippen molar-refractivity contribution in [2.75, 3.05) is 18.1 Å². The number of nitrogens with zero attached hydrogens (tertiary/aromatic N) is 1. The van der Waals surface area contributed by atoms with Crippen molar-refractivity contribution >= 4 is 29.4 Å². The number of carbonyl (C=O) groups is 1. The first-order valence-corrected chi connectivity index (χ1v) is 15.2. The maximum Gasteiger partial charge on any atom is 0.243 e. The van der Waals surface area contributed by atoms with Gasteiger partial charge in [0.05, 0.1) is 12.1 Å². The van der Waals surface area contributed by atoms with Crippen LogP contribution in [0, 0.1) is 0 Å². The van der Waals surface area contributed by atoms with Crippen molar-refractivity contribution in [3.8, 4) is 0 Å². The van der Waals surface area contributed by atoms with Gasteiger partial charge < -0.3 is 10.1 Å². The van der Waals surface area contributed by atoms with Crippen molar-refractivity contribution in [1.82, 2.24) is 15.6 Å². The molecule has 2 aliphatic rings. The van der Waals surface area contributed by atoms with Crippen molar-refractivity contribution in [2.45, 2.75) is 28.3 Å². The summed E-state index contributed by atoms with van der Waals surface area (Å²) in [4.78, 5) is 17.5. The van der Waals surface area contributed by atoms with E-state index in [0.717, 1.165) is 33.8 Å². The SMILES string of the molecule is O=C1N[C@H](OCC2(c3cccnc3)SCCCS2)[C@@H]1NC(c1ccccc1)(c1ccccc1)c1ccccc1. The molecule has 2 N–H and O–H groups in total. The van der Waals surface area contributed by atoms with E-state index in [2.05, 4.69) is 58.1 Å². The highest BCUT2D eigenvalue weighted by Crippen LogP contribution is 2.50. The lowest BCUT2D eigenvalue weighted by Crippen LogP contribution is -2.72. The second kappa shape index (κ2) is 11.6. The molecule has 3 heterocycles. The van der Waals surface area contributed by atoms with Gasteiger partial charge in [0.2, 0.25) is 5.91 Å². The largest absolute Gasteiger partial charge is 0.354 e. The molecule has 1 amide bonds. The molecule has 0 saturated carbocycles. The Balaban J connectivity index is 1.34. The zero-order chi connectivity index (χ0) is 26.5. The van der Waals surface area contributed by atoms with Gasteiger partial charge >= 0.3 is 0 Å². The van der Waals surface area contributed by atoms with Crippen LogP contribution in [0.4, 0.5) is 0 Å². The van der Waals surface area contributed by atoms with Gasteiger partial charge in [0, 0.05) is 12.4 Å². The molecule has 0 unspecified atom stereocenters. The van der Waals surface area contributed by atoms with Gasteiger partial charge in [0.1, 0.15) is 10.1 Å². The third-order valence-corrected chi connectivity index (χ3v) is 10.7. The van der Waals surface area contributed by atoms with E-state index in [9.17, 15) is 4.79 Å². The van der Waals surface area contributed by atoms with Crippen LogP contribution in [-0.2, 0) is 19.1 Å². The third kappa shape index (κ3) is 5.12. The van der Waals surface area contributed by atoms with Crippen LogP contribution in [0.3, 0.4) is 0 Å². The first-order valence-electron chi connectivity index (χ1n) is 13.3. The monoisotopic (exact) mass is 553 g/mol. The smallest absolute Gasteiger partial charge is 0.243 e. The summed E-state index contributed by atoms with van der Waals surface area (Å²) in [5.41, 5.74) is 3.59. The molecule has 39 heavy (non-hydrogen) atoms. The summed E-state index contributed by atoms with van der Waals surface area (Å²) in [7, 11) is 0. The van der Waals surface area contributed by atoms with Crippen LogP contribution < -0.4 is 10.6 Å². The molecule has 198 valence electrons. The zero-order valence-electron chi connectivity index (χ0n) is 21.5. The summed E-state index contributed by atoms with van der Waals surface area (Å²) in [5.74, 6) is 2.08. The summed E-state index contributed by atoms with van der Waals surface area (Å²) in [6.45, 7) is 0.478. The lowest BCUT2D eigenvalue weighted by Gasteiger charge is -2.46. The Bertz CT molecular complexity index is 1270. The van der Waals surface area contributed by atoms with Crippen molar-refractivity contribution < 1.29 is 9.53 Å². The Kier molecular flexibility index (Phi) is 7.75. The molecular weight excluding hydrogens is 523 g/mol. The minimum atomic E-state index is -0.747. The van der Waals surface area contributed by atoms with Gasteiger partial charge in [-0.25, -0.2) is 0 Å². The van der Waals surface area contributed by atoms with Gasteiger partial charge in [-0.05, 0) is 46.2 Å². The van der Waals surface area contributed by atoms with Crippen molar-refractivity contribution in [2.24, 2.45) is 0 Å². The van der Waals surface area contributed by atoms with Crippen LogP contribution in [-0.4, -0.2) is 41.3 Å². The van der Waals surface area contributed by atoms with Crippen molar-refractivity contribution in [3.63, 3.8) is 0 Å². The number of pyridine rings is 1. The number of aromatic nitrogens is 1. The van der Waals surface area contributed by atoms with Gasteiger partial charge in [-0.15, -0.1) is 23.5 Å². The standard InChI is InChI=1S/C32H31N3O2S2/c36-29-28(30(34-29)37-23-31(38-20-11-21-39-31)27-18-10-19-33-22-27)35-32(24-12-4-1-5-13-24,25-14-6-2-7-15-25)26-16-8-3-9-17-26/h1-10,12-19,22,28,30,35H,11,20-21,23H2,(H,34,36)/t28-,30-/m1/s1. The molecule has 4 aromatic rings. The minimum Gasteiger partial charge on any atom is -0.354 e. The van der Waals surface area contributed by atoms with Crippen molar-refractivity contribution in [1.29, 1.82) is 0 Å². The molecule has 2 saturated heterocycles. The van der Waals surface area contributed by atoms with Crippen LogP contribution in [0.15, 0.2) is 116 Å². The van der Waals surface area contributed by atoms with E-state index in [4.69, 9.17) is 4.74 Å². The summed E-state index contributed by atoms with van der Waals surface area (Å²) in [5, 5.41) is 6.81. The van der Waals surface area contributed by atoms with E-state index in [-0.39, 0.29) is 9.99 Å². The van der Waals surface area contributed by atoms with E-state index in [1.807, 2.05) is 90.4 Å². The van der Waals surface area contributed by atoms with Crippen LogP contribution in [0.5, 0.6) is 0 Å². The molecule has 2 atom stereocenters. The van der Waals surface area contributed by atoms with Gasteiger partial charge in [-0.1, -0.05) is 97.1 Å². The van der Waals surface area contributed by atoms with E-state index < -0.39 is 17.8 Å². The number of amides is 1. The van der Waals surface area contributed by atoms with Gasteiger partial charge in [0.25, 0.3) is 0 Å². The number of β-lactam (4-membered cyclic amide) rings is 1. The highest BCUT2D eigenvalue weighted by Gasteiger charge is 2.49. The molecule has 2 fully saturated rings. The predicted molar refractivity (Wildman–Crippen MR) is 159 cm³/mol. The Hall–Kier alpha value is -3.10. The molecule has 0 spiro atoms. The Morgan fingerprint density at radius 2 is 1.41 bits per heavy atom. The second-order valence-electron chi connectivity index (χ2n) is 9.76. The molecule has 0 bridgehead atoms. The summed E-state index contributed by atoms with van der Waals surface area (Å²) < 4.78 is 6.30. The number of nitrogens with one attached hydrogen (secondary N) is 2. The van der Waals surface area contributed by atoms with E-state index >= 15 is 0 Å². The number of carbonyl (C=O) groups excluding carboxylic acids is 1. The van der Waals surface area contributed by atoms with Gasteiger partial charge in [0.15, 0.2) is 6.23 Å². The third-order valence-electron chi connectivity index (χ3n) is 7.38. The lowest BCUT2D eigenvalue weighted by molar-refractivity contribution is -0.148. The number of benzene rings is 3. The minimum absolute atomic E-state index is 0.0634. The molecule has 7 heteroatoms. The molecule has 3 aromatic carbocycles. The fourth-order valence-corrected chi connectivity index (χ4v) is 8.51. The molecule has 6 rings (SSSR count). The molecule has 5 nitrogen and oxygen atoms in total. The number of hydrogen-bond acceptors (Lipinski definition) is 6. The number of ether oxygens (including phenoxy) is 1. The molecule has 0 radical (unpaired) electrons. The van der Waals surface area contributed by atoms with Crippen LogP contribution in [0.2, 0.25) is 0 Å². The predicted octanol–water partition coefficient (Wildman–Crippen LogP) is 5.53. The maximum atomic E-state index is 13.1. The van der Waals surface area contributed by atoms with Gasteiger partial charge in [-0.2, -0.15) is 0 Å². The second-order valence-corrected chi connectivity index (χ2v) is 12.8. The molecular formula is C32H31N3O2S2. The Morgan fingerprint density at radius 3 is 1.90 bits per heavy atom. The van der Waals surface area contributed by atoms with Crippen molar-refractivity contribution in [3.05, 3.63) is 138 Å². The summed E-state index contributed by atoms with van der Waals surface area (Å²) >= 11 is 3.82. The van der Waals surface area contributed by atoms with Crippen LogP contribution in [0.25, 0.3) is 0 Å². The maximum absolute atomic E-state index is 13.1. The normalized spacial score (nSPS) is 20.6. The fraction of sp³-hybridized carbons (Fsp3) is 0.250. The van der Waals surface area contributed by atoms with Gasteiger partial charge in [-0.3, -0.25) is 15.1 Å². The van der Waals surface area contributed by atoms with E-state index in [1.54, 1.807) is 6.20 Å². The van der Waals surface area contributed by atoms with Crippen LogP contribution in [0.1, 0.15) is 28.7 Å². The van der Waals surface area contributed by atoms with E-state index in [1.165, 1.54) is 6.42 Å². The Labute approximate surface area is 238 Å². The quantitative estimate of drug-likeness (QED) is 0.210. The molecule has 1 aromatic heterocycles. The summed E-state index contributed by atoms with van der Waals surface area (Å²) in [6, 6.07) is 34.6. The highest BCUT2D eigenvalue weighted by atomic mass is 32.2. The zero-order valence-corrected chi connectivity index (χ0v) is 23.2. The highest BCUT2D eigenvalue weighted by molar-refractivity contribution is 8.18. The topological polar surface area (TPSA) is 63.2 Å². The van der Waals surface area contributed by atoms with E-state index in [0.29, 0.717) is 6.61 Å². The van der Waals surface area contributed by atoms with Crippen LogP contribution >= 0.6 is 23.5 Å². The summed E-state index contributed by atoms with van der Waals surface area (Å²) in [6.07, 6.45) is 4.47. The molecule has 0 aliphatic carbocycles. The molecule has 2 aliphatic heterocycles. The fourth-order valence-electron chi connectivity index (χ4n) is 5.38. The number of thioether (sulfide) groups is 2. The average Bonchev–Trinajstić information content (AvgIpc) is 3.02. The number of rotatable bonds is 9. The number of hydrogen-bond donors (Lipinski definition) is 2. The Morgan fingerprint density at radius 1 is 0.846 bits per heavy atom. The lowest BCUT2D eigenvalue weighted by atomic mass is 9.76. The average molecular weight is 554 g/mol.